The quantitative estimate of drug-likeness (QED) is 0.253. The maximum Gasteiger partial charge on any atom is 0.410 e. The summed E-state index contributed by atoms with van der Waals surface area (Å²) in [5.74, 6) is 1.79. The molecular formula is C20H31N5O5S. The highest BCUT2D eigenvalue weighted by molar-refractivity contribution is 7.92. The minimum absolute atomic E-state index is 0.175. The SMILES string of the molecule is COOSN1CCN(c2cnc(OCC3CCN(C(=O)OC4(C)CC4)CC3)cn2)CC1. The van der Waals surface area contributed by atoms with Gasteiger partial charge in [-0.25, -0.2) is 24.0 Å². The van der Waals surface area contributed by atoms with Crippen molar-refractivity contribution in [3.8, 4) is 5.88 Å². The molecule has 3 heterocycles. The molecule has 3 fully saturated rings. The van der Waals surface area contributed by atoms with Crippen LogP contribution in [0.5, 0.6) is 5.88 Å². The molecule has 10 nitrogen and oxygen atoms in total. The largest absolute Gasteiger partial charge is 0.476 e. The van der Waals surface area contributed by atoms with E-state index in [0.717, 1.165) is 57.7 Å². The van der Waals surface area contributed by atoms with Gasteiger partial charge in [-0.3, -0.25) is 0 Å². The number of amides is 1. The van der Waals surface area contributed by atoms with E-state index in [2.05, 4.69) is 24.1 Å². The van der Waals surface area contributed by atoms with E-state index >= 15 is 0 Å². The van der Waals surface area contributed by atoms with E-state index in [0.29, 0.717) is 31.5 Å². The average Bonchev–Trinajstić information content (AvgIpc) is 3.53. The van der Waals surface area contributed by atoms with E-state index in [-0.39, 0.29) is 11.7 Å². The third-order valence-corrected chi connectivity index (χ3v) is 6.78. The Morgan fingerprint density at radius 3 is 2.48 bits per heavy atom. The predicted molar refractivity (Wildman–Crippen MR) is 115 cm³/mol. The molecule has 11 heteroatoms. The molecular weight excluding hydrogens is 422 g/mol. The molecule has 172 valence electrons. The van der Waals surface area contributed by atoms with Gasteiger partial charge < -0.3 is 19.3 Å². The summed E-state index contributed by atoms with van der Waals surface area (Å²) in [6.45, 7) is 7.39. The lowest BCUT2D eigenvalue weighted by atomic mass is 9.98. The van der Waals surface area contributed by atoms with Crippen LogP contribution in [0.25, 0.3) is 0 Å². The highest BCUT2D eigenvalue weighted by atomic mass is 32.2. The van der Waals surface area contributed by atoms with Gasteiger partial charge in [0.2, 0.25) is 5.88 Å². The zero-order valence-electron chi connectivity index (χ0n) is 18.2. The van der Waals surface area contributed by atoms with Gasteiger partial charge in [0.1, 0.15) is 23.6 Å². The molecule has 1 aromatic rings. The van der Waals surface area contributed by atoms with Crippen molar-refractivity contribution in [1.82, 2.24) is 19.2 Å². The lowest BCUT2D eigenvalue weighted by molar-refractivity contribution is -0.163. The smallest absolute Gasteiger partial charge is 0.410 e. The van der Waals surface area contributed by atoms with Crippen molar-refractivity contribution >= 4 is 24.1 Å². The van der Waals surface area contributed by atoms with E-state index in [1.807, 2.05) is 11.8 Å². The Hall–Kier alpha value is -1.82. The van der Waals surface area contributed by atoms with E-state index in [1.165, 1.54) is 19.3 Å². The van der Waals surface area contributed by atoms with Gasteiger partial charge in [0.05, 0.1) is 26.1 Å². The van der Waals surface area contributed by atoms with Crippen molar-refractivity contribution in [3.63, 3.8) is 0 Å². The van der Waals surface area contributed by atoms with Crippen LogP contribution in [-0.2, 0) is 14.0 Å². The van der Waals surface area contributed by atoms with Crippen molar-refractivity contribution in [2.24, 2.45) is 5.92 Å². The number of hydrogen-bond acceptors (Lipinski definition) is 10. The molecule has 0 aromatic carbocycles. The molecule has 0 atom stereocenters. The fourth-order valence-corrected chi connectivity index (χ4v) is 4.11. The van der Waals surface area contributed by atoms with Crippen molar-refractivity contribution in [3.05, 3.63) is 12.4 Å². The van der Waals surface area contributed by atoms with Gasteiger partial charge >= 0.3 is 6.09 Å². The number of likely N-dealkylation sites (tertiary alicyclic amines) is 1. The number of carbonyl (C=O) groups is 1. The van der Waals surface area contributed by atoms with Gasteiger partial charge in [-0.1, -0.05) is 0 Å². The molecule has 0 spiro atoms. The normalized spacial score (nSPS) is 21.7. The van der Waals surface area contributed by atoms with Crippen LogP contribution in [0, 0.1) is 5.92 Å². The molecule has 1 amide bonds. The number of carbonyl (C=O) groups excluding carboxylic acids is 1. The minimum Gasteiger partial charge on any atom is -0.476 e. The maximum atomic E-state index is 12.2. The Labute approximate surface area is 187 Å². The summed E-state index contributed by atoms with van der Waals surface area (Å²) in [5, 5.41) is 0. The first-order valence-corrected chi connectivity index (χ1v) is 11.5. The minimum atomic E-state index is -0.215. The molecule has 0 N–H and O–H groups in total. The second-order valence-corrected chi connectivity index (χ2v) is 9.30. The Morgan fingerprint density at radius 1 is 1.13 bits per heavy atom. The molecule has 2 aliphatic heterocycles. The number of anilines is 1. The topological polar surface area (TPSA) is 89.5 Å². The first kappa shape index (κ1) is 22.4. The average molecular weight is 454 g/mol. The molecule has 31 heavy (non-hydrogen) atoms. The highest BCUT2D eigenvalue weighted by Crippen LogP contribution is 2.39. The molecule has 4 rings (SSSR count). The second kappa shape index (κ2) is 10.2. The molecule has 1 aromatic heterocycles. The van der Waals surface area contributed by atoms with Gasteiger partial charge in [0.15, 0.2) is 0 Å². The van der Waals surface area contributed by atoms with Crippen molar-refractivity contribution in [2.75, 3.05) is 57.9 Å². The van der Waals surface area contributed by atoms with Crippen LogP contribution in [0.4, 0.5) is 10.6 Å². The van der Waals surface area contributed by atoms with Crippen LogP contribution in [0.15, 0.2) is 12.4 Å². The van der Waals surface area contributed by atoms with Crippen LogP contribution < -0.4 is 9.64 Å². The van der Waals surface area contributed by atoms with Gasteiger partial charge in [0.25, 0.3) is 0 Å². The number of hydrogen-bond donors (Lipinski definition) is 0. The van der Waals surface area contributed by atoms with E-state index < -0.39 is 0 Å². The highest BCUT2D eigenvalue weighted by Gasteiger charge is 2.43. The van der Waals surface area contributed by atoms with Gasteiger partial charge in [-0.05, 0) is 38.5 Å². The summed E-state index contributed by atoms with van der Waals surface area (Å²) in [5.41, 5.74) is -0.215. The number of piperazine rings is 1. The number of rotatable bonds is 8. The number of nitrogens with zero attached hydrogens (tertiary/aromatic N) is 5. The number of aromatic nitrogens is 2. The van der Waals surface area contributed by atoms with Crippen LogP contribution in [-0.4, -0.2) is 83.9 Å². The van der Waals surface area contributed by atoms with E-state index in [1.54, 1.807) is 12.4 Å². The third-order valence-electron chi connectivity index (χ3n) is 6.01. The fourth-order valence-electron chi connectivity index (χ4n) is 3.65. The van der Waals surface area contributed by atoms with Gasteiger partial charge in [-0.2, -0.15) is 0 Å². The Morgan fingerprint density at radius 2 is 1.87 bits per heavy atom. The molecule has 1 saturated carbocycles. The zero-order chi connectivity index (χ0) is 21.7. The molecule has 0 bridgehead atoms. The van der Waals surface area contributed by atoms with Crippen LogP contribution >= 0.6 is 12.2 Å². The summed E-state index contributed by atoms with van der Waals surface area (Å²) in [4.78, 5) is 29.8. The predicted octanol–water partition coefficient (Wildman–Crippen LogP) is 2.52. The van der Waals surface area contributed by atoms with Gasteiger partial charge in [-0.15, -0.1) is 4.33 Å². The van der Waals surface area contributed by atoms with E-state index in [9.17, 15) is 4.79 Å². The van der Waals surface area contributed by atoms with Gasteiger partial charge in [0, 0.05) is 39.3 Å². The Kier molecular flexibility index (Phi) is 7.36. The second-order valence-electron chi connectivity index (χ2n) is 8.50. The van der Waals surface area contributed by atoms with Crippen molar-refractivity contribution in [1.29, 1.82) is 0 Å². The molecule has 2 saturated heterocycles. The first-order chi connectivity index (χ1) is 15.0. The number of ether oxygens (including phenoxy) is 2. The first-order valence-electron chi connectivity index (χ1n) is 10.8. The monoisotopic (exact) mass is 453 g/mol. The maximum absolute atomic E-state index is 12.2. The summed E-state index contributed by atoms with van der Waals surface area (Å²) >= 11 is 1.22. The van der Waals surface area contributed by atoms with Crippen molar-refractivity contribution < 1.29 is 23.5 Å². The Bertz CT molecular complexity index is 719. The molecule has 1 aliphatic carbocycles. The summed E-state index contributed by atoms with van der Waals surface area (Å²) in [6.07, 6.45) is 7.04. The summed E-state index contributed by atoms with van der Waals surface area (Å²) in [7, 11) is 1.50. The van der Waals surface area contributed by atoms with Crippen molar-refractivity contribution in [2.45, 2.75) is 38.2 Å². The summed E-state index contributed by atoms with van der Waals surface area (Å²) in [6, 6.07) is 0. The number of piperidine rings is 1. The molecule has 0 unspecified atom stereocenters. The Balaban J connectivity index is 1.15. The van der Waals surface area contributed by atoms with Crippen LogP contribution in [0.1, 0.15) is 32.6 Å². The fraction of sp³-hybridized carbons (Fsp3) is 0.750. The van der Waals surface area contributed by atoms with E-state index in [4.69, 9.17) is 13.8 Å². The summed E-state index contributed by atoms with van der Waals surface area (Å²) < 4.78 is 18.4. The standard InChI is InChI=1S/C20H31N5O5S/c1-20(5-6-20)29-19(26)24-7-3-16(4-8-24)15-28-18-14-21-17(13-22-18)23-9-11-25(12-10-23)31-30-27-2/h13-14,16H,3-12,15H2,1-2H3. The molecule has 3 aliphatic rings. The third kappa shape index (κ3) is 6.34. The lowest BCUT2D eigenvalue weighted by Gasteiger charge is -2.33. The molecule has 0 radical (unpaired) electrons. The zero-order valence-corrected chi connectivity index (χ0v) is 19.0. The van der Waals surface area contributed by atoms with Crippen LogP contribution in [0.2, 0.25) is 0 Å². The lowest BCUT2D eigenvalue weighted by Crippen LogP contribution is -2.43. The van der Waals surface area contributed by atoms with Crippen LogP contribution in [0.3, 0.4) is 0 Å².